The van der Waals surface area contributed by atoms with Crippen LogP contribution < -0.4 is 0 Å². The van der Waals surface area contributed by atoms with Crippen molar-refractivity contribution in [2.24, 2.45) is 22.7 Å². The van der Waals surface area contributed by atoms with Gasteiger partial charge in [-0.15, -0.1) is 0 Å². The molecule has 1 aliphatic heterocycles. The molecule has 0 unspecified atom stereocenters. The summed E-state index contributed by atoms with van der Waals surface area (Å²) in [6.07, 6.45) is 27.8. The normalized spacial score (nSPS) is 34.3. The first-order valence-electron chi connectivity index (χ1n) is 23.2. The maximum Gasteiger partial charge on any atom is 0.303 e. The summed E-state index contributed by atoms with van der Waals surface area (Å²) in [5, 5.41) is 20.2. The van der Waals surface area contributed by atoms with Crippen LogP contribution in [0.4, 0.5) is 8.78 Å². The van der Waals surface area contributed by atoms with Gasteiger partial charge in [-0.3, -0.25) is 14.4 Å². The average molecular weight is 821 g/mol. The number of fused-ring (bicyclic) bond motifs is 7. The summed E-state index contributed by atoms with van der Waals surface area (Å²) in [6.45, 7) is 9.94. The van der Waals surface area contributed by atoms with E-state index < -0.39 is 82.2 Å². The Hall–Kier alpha value is -2.01. The molecular weight excluding hydrogens is 743 g/mol. The fraction of sp³-hybridized carbons (Fsp3) is 0.854. The molecule has 0 bridgehead atoms. The minimum absolute atomic E-state index is 0.0406. The standard InChI is InChI=1S/C26H32F2O7.C22H46O/c1-13(29)33-12-20(32)26-21(34-22(2,3)35-26)10-15-16-9-18(27)17-8-14(30)6-7-23(17,4)25(16,28)19(31)11-24(15,26)5;1-2-3-4-5-6-7-8-9-10-11-12-13-14-15-16-17-18-19-20-21-22-23/h6-8,15-16,18-19,21,31H,9-12H2,1-5H3;23H,2-22H2,1H3/t15-,16-,18-,19-,21+,23-,24-,25-,26+;/m0./s1. The van der Waals surface area contributed by atoms with Crippen LogP contribution in [0.2, 0.25) is 0 Å². The minimum Gasteiger partial charge on any atom is -0.458 e. The highest BCUT2D eigenvalue weighted by molar-refractivity contribution is 6.01. The maximum atomic E-state index is 17.3. The van der Waals surface area contributed by atoms with Crippen molar-refractivity contribution in [2.45, 2.75) is 225 Å². The molecule has 4 fully saturated rings. The molecule has 3 saturated carbocycles. The second-order valence-corrected chi connectivity index (χ2v) is 19.1. The van der Waals surface area contributed by atoms with E-state index in [0.717, 1.165) is 12.5 Å². The number of alkyl halides is 2. The van der Waals surface area contributed by atoms with Crippen molar-refractivity contribution in [3.05, 3.63) is 23.8 Å². The number of hydrogen-bond donors (Lipinski definition) is 2. The third kappa shape index (κ3) is 10.7. The number of hydrogen-bond acceptors (Lipinski definition) is 8. The second-order valence-electron chi connectivity index (χ2n) is 19.1. The zero-order chi connectivity index (χ0) is 42.6. The predicted molar refractivity (Wildman–Crippen MR) is 224 cm³/mol. The zero-order valence-corrected chi connectivity index (χ0v) is 36.9. The van der Waals surface area contributed by atoms with E-state index >= 15 is 8.78 Å². The van der Waals surface area contributed by atoms with Gasteiger partial charge in [0, 0.05) is 30.3 Å². The summed E-state index contributed by atoms with van der Waals surface area (Å²) in [5.41, 5.74) is -6.46. The van der Waals surface area contributed by atoms with Crippen molar-refractivity contribution < 1.29 is 47.6 Å². The number of carbonyl (C=O) groups is 3. The maximum absolute atomic E-state index is 17.3. The molecule has 1 saturated heterocycles. The third-order valence-corrected chi connectivity index (χ3v) is 14.5. The molecule has 9 atom stereocenters. The Kier molecular flexibility index (Phi) is 18.2. The van der Waals surface area contributed by atoms with Crippen molar-refractivity contribution in [1.82, 2.24) is 0 Å². The van der Waals surface area contributed by atoms with Gasteiger partial charge in [0.1, 0.15) is 6.17 Å². The first kappa shape index (κ1) is 48.7. The van der Waals surface area contributed by atoms with Crippen LogP contribution in [-0.4, -0.2) is 76.4 Å². The number of esters is 1. The second kappa shape index (κ2) is 21.7. The molecule has 58 heavy (non-hydrogen) atoms. The summed E-state index contributed by atoms with van der Waals surface area (Å²) in [4.78, 5) is 37.1. The first-order chi connectivity index (χ1) is 27.5. The molecule has 0 spiro atoms. The molecule has 0 aromatic carbocycles. The minimum atomic E-state index is -2.27. The molecule has 1 heterocycles. The molecular formula is C48H78F2O8. The molecule has 0 radical (unpaired) electrons. The number of aliphatic hydroxyl groups excluding tert-OH is 2. The van der Waals surface area contributed by atoms with Gasteiger partial charge in [-0.25, -0.2) is 8.78 Å². The van der Waals surface area contributed by atoms with Gasteiger partial charge in [-0.1, -0.05) is 142 Å². The van der Waals surface area contributed by atoms with Crippen molar-refractivity contribution in [1.29, 1.82) is 0 Å². The molecule has 0 aromatic heterocycles. The first-order valence-corrected chi connectivity index (χ1v) is 23.2. The molecule has 10 heteroatoms. The Bertz CT molecular complexity index is 1390. The van der Waals surface area contributed by atoms with E-state index in [1.807, 2.05) is 0 Å². The molecule has 2 N–H and O–H groups in total. The van der Waals surface area contributed by atoms with Crippen LogP contribution in [0.1, 0.15) is 189 Å². The van der Waals surface area contributed by atoms with E-state index in [-0.39, 0.29) is 24.8 Å². The van der Waals surface area contributed by atoms with Gasteiger partial charge >= 0.3 is 5.97 Å². The number of aliphatic hydroxyl groups is 2. The van der Waals surface area contributed by atoms with Crippen LogP contribution in [-0.2, 0) is 28.6 Å². The van der Waals surface area contributed by atoms with Gasteiger partial charge in [0.25, 0.3) is 0 Å². The lowest BCUT2D eigenvalue weighted by Gasteiger charge is -2.63. The number of ketones is 2. The quantitative estimate of drug-likeness (QED) is 0.0772. The summed E-state index contributed by atoms with van der Waals surface area (Å²) in [6, 6.07) is 0. The van der Waals surface area contributed by atoms with Crippen molar-refractivity contribution in [2.75, 3.05) is 13.2 Å². The number of halogens is 2. The lowest BCUT2D eigenvalue weighted by atomic mass is 9.44. The topological polar surface area (TPSA) is 119 Å². The van der Waals surface area contributed by atoms with Crippen molar-refractivity contribution >= 4 is 17.5 Å². The van der Waals surface area contributed by atoms with E-state index in [2.05, 4.69) is 6.92 Å². The highest BCUT2D eigenvalue weighted by Gasteiger charge is 2.80. The smallest absolute Gasteiger partial charge is 0.303 e. The molecule has 8 nitrogen and oxygen atoms in total. The third-order valence-electron chi connectivity index (χ3n) is 14.5. The van der Waals surface area contributed by atoms with E-state index in [0.29, 0.717) is 6.61 Å². The summed E-state index contributed by atoms with van der Waals surface area (Å²) in [7, 11) is 0. The Morgan fingerprint density at radius 2 is 1.31 bits per heavy atom. The SMILES string of the molecule is CC(=O)OCC(=O)[C@@]12OC(C)(C)O[C@@H]1C[C@H]1[C@@H]3C[C@H](F)C4=CC(=O)C=C[C@]4(C)[C@@]3(F)[C@@H](O)C[C@@]12C.CCCCCCCCCCCCCCCCCCCCCCO. The van der Waals surface area contributed by atoms with Crippen molar-refractivity contribution in [3.8, 4) is 0 Å². The van der Waals surface area contributed by atoms with Crippen LogP contribution in [0.3, 0.4) is 0 Å². The van der Waals surface area contributed by atoms with Crippen LogP contribution >= 0.6 is 0 Å². The van der Waals surface area contributed by atoms with Crippen LogP contribution in [0.25, 0.3) is 0 Å². The molecule has 5 rings (SSSR count). The lowest BCUT2D eigenvalue weighted by molar-refractivity contribution is -0.249. The van der Waals surface area contributed by atoms with Gasteiger partial charge < -0.3 is 24.4 Å². The number of ether oxygens (including phenoxy) is 3. The number of carbonyl (C=O) groups excluding carboxylic acids is 3. The fourth-order valence-electron chi connectivity index (χ4n) is 11.4. The largest absolute Gasteiger partial charge is 0.458 e. The summed E-state index contributed by atoms with van der Waals surface area (Å²) >= 11 is 0. The number of allylic oxidation sites excluding steroid dienone is 4. The van der Waals surface area contributed by atoms with E-state index in [1.165, 1.54) is 148 Å². The lowest BCUT2D eigenvalue weighted by Crippen LogP contribution is -2.71. The Balaban J connectivity index is 0.000000284. The number of unbranched alkanes of at least 4 members (excludes halogenated alkanes) is 19. The number of Topliss-reactive ketones (excluding diaryl/α,β-unsaturated/α-hetero) is 1. The molecule has 0 amide bonds. The van der Waals surface area contributed by atoms with Crippen LogP contribution in [0, 0.1) is 22.7 Å². The van der Waals surface area contributed by atoms with Crippen molar-refractivity contribution in [3.63, 3.8) is 0 Å². The van der Waals surface area contributed by atoms with E-state index in [1.54, 1.807) is 20.8 Å². The molecule has 4 aliphatic carbocycles. The highest BCUT2D eigenvalue weighted by Crippen LogP contribution is 2.72. The fourth-order valence-corrected chi connectivity index (χ4v) is 11.4. The summed E-state index contributed by atoms with van der Waals surface area (Å²) in [5.74, 6) is -4.23. The highest BCUT2D eigenvalue weighted by atomic mass is 19.1. The van der Waals surface area contributed by atoms with E-state index in [4.69, 9.17) is 19.3 Å². The summed E-state index contributed by atoms with van der Waals surface area (Å²) < 4.78 is 50.3. The van der Waals surface area contributed by atoms with Gasteiger partial charge in [0.15, 0.2) is 29.4 Å². The van der Waals surface area contributed by atoms with Crippen LogP contribution in [0.5, 0.6) is 0 Å². The predicted octanol–water partition coefficient (Wildman–Crippen LogP) is 10.7. The Morgan fingerprint density at radius 3 is 1.79 bits per heavy atom. The van der Waals surface area contributed by atoms with E-state index in [9.17, 15) is 19.5 Å². The van der Waals surface area contributed by atoms with Gasteiger partial charge in [0.2, 0.25) is 5.78 Å². The molecule has 5 aliphatic rings. The van der Waals surface area contributed by atoms with Crippen LogP contribution in [0.15, 0.2) is 23.8 Å². The Morgan fingerprint density at radius 1 is 0.810 bits per heavy atom. The van der Waals surface area contributed by atoms with Gasteiger partial charge in [0.05, 0.1) is 12.2 Å². The monoisotopic (exact) mass is 821 g/mol. The molecule has 0 aromatic rings. The van der Waals surface area contributed by atoms with Gasteiger partial charge in [-0.2, -0.15) is 0 Å². The average Bonchev–Trinajstić information content (AvgIpc) is 3.58. The number of rotatable bonds is 23. The molecule has 332 valence electrons. The zero-order valence-electron chi connectivity index (χ0n) is 36.9. The van der Waals surface area contributed by atoms with Gasteiger partial charge in [-0.05, 0) is 70.1 Å². The Labute approximate surface area is 348 Å².